The Balaban J connectivity index is 1.68. The molecule has 138 valence electrons. The summed E-state index contributed by atoms with van der Waals surface area (Å²) in [5.41, 5.74) is 4.32. The van der Waals surface area contributed by atoms with Crippen molar-refractivity contribution >= 4 is 28.9 Å². The van der Waals surface area contributed by atoms with Crippen molar-refractivity contribution in [2.24, 2.45) is 11.0 Å². The Bertz CT molecular complexity index is 935. The molecular weight excluding hydrogens is 348 g/mol. The van der Waals surface area contributed by atoms with Crippen LogP contribution in [-0.2, 0) is 4.79 Å². The van der Waals surface area contributed by atoms with Crippen LogP contribution in [0.1, 0.15) is 35.7 Å². The van der Waals surface area contributed by atoms with Crippen LogP contribution in [0.2, 0.25) is 0 Å². The molecule has 0 spiro atoms. The Hall–Kier alpha value is -3.55. The van der Waals surface area contributed by atoms with Crippen molar-refractivity contribution in [2.45, 2.75) is 19.8 Å². The second-order valence-electron chi connectivity index (χ2n) is 6.29. The second kappa shape index (κ2) is 7.77. The number of anilines is 1. The third-order valence-corrected chi connectivity index (χ3v) is 4.14. The molecule has 8 heteroatoms. The third-order valence-electron chi connectivity index (χ3n) is 4.14. The number of hydrogen-bond acceptors (Lipinski definition) is 5. The maximum Gasteiger partial charge on any atom is 0.271 e. The van der Waals surface area contributed by atoms with Gasteiger partial charge in [-0.1, -0.05) is 18.2 Å². The van der Waals surface area contributed by atoms with Gasteiger partial charge < -0.3 is 5.32 Å². The molecule has 1 saturated carbocycles. The van der Waals surface area contributed by atoms with Crippen molar-refractivity contribution in [1.82, 2.24) is 5.43 Å². The molecule has 27 heavy (non-hydrogen) atoms. The largest absolute Gasteiger partial charge is 0.326 e. The highest BCUT2D eigenvalue weighted by Crippen LogP contribution is 2.30. The molecule has 0 aliphatic heterocycles. The molecular formula is C19H18N4O4. The molecule has 0 saturated heterocycles. The van der Waals surface area contributed by atoms with Crippen molar-refractivity contribution in [1.29, 1.82) is 0 Å². The average molecular weight is 366 g/mol. The topological polar surface area (TPSA) is 114 Å². The van der Waals surface area contributed by atoms with Crippen LogP contribution in [0.4, 0.5) is 11.4 Å². The Morgan fingerprint density at radius 2 is 1.81 bits per heavy atom. The molecule has 2 N–H and O–H groups in total. The summed E-state index contributed by atoms with van der Waals surface area (Å²) in [5.74, 6) is -0.422. The van der Waals surface area contributed by atoms with Crippen LogP contribution in [-0.4, -0.2) is 22.4 Å². The maximum absolute atomic E-state index is 12.2. The second-order valence-corrected chi connectivity index (χ2v) is 6.29. The van der Waals surface area contributed by atoms with Gasteiger partial charge >= 0.3 is 0 Å². The van der Waals surface area contributed by atoms with Gasteiger partial charge in [-0.15, -0.1) is 0 Å². The molecule has 2 aromatic carbocycles. The number of nitrogens with one attached hydrogen (secondary N) is 2. The van der Waals surface area contributed by atoms with Crippen molar-refractivity contribution in [3.63, 3.8) is 0 Å². The van der Waals surface area contributed by atoms with Gasteiger partial charge in [-0.05, 0) is 43.5 Å². The normalized spacial score (nSPS) is 13.7. The van der Waals surface area contributed by atoms with Crippen molar-refractivity contribution < 1.29 is 14.5 Å². The van der Waals surface area contributed by atoms with Gasteiger partial charge in [0.25, 0.3) is 11.6 Å². The van der Waals surface area contributed by atoms with E-state index in [9.17, 15) is 19.7 Å². The number of hydrogen-bond donors (Lipinski definition) is 2. The van der Waals surface area contributed by atoms with E-state index in [1.54, 1.807) is 25.1 Å². The lowest BCUT2D eigenvalue weighted by atomic mass is 10.1. The molecule has 0 heterocycles. The monoisotopic (exact) mass is 366 g/mol. The summed E-state index contributed by atoms with van der Waals surface area (Å²) in [6.45, 7) is 1.72. The maximum atomic E-state index is 12.2. The Morgan fingerprint density at radius 3 is 2.52 bits per heavy atom. The summed E-state index contributed by atoms with van der Waals surface area (Å²) in [6.07, 6.45) is 1.85. The smallest absolute Gasteiger partial charge is 0.271 e. The minimum Gasteiger partial charge on any atom is -0.326 e. The van der Waals surface area contributed by atoms with Crippen LogP contribution in [0, 0.1) is 16.0 Å². The molecule has 0 unspecified atom stereocenters. The van der Waals surface area contributed by atoms with Gasteiger partial charge in [0, 0.05) is 29.3 Å². The standard InChI is InChI=1S/C19H18N4O4/c1-12(14-4-2-6-16(10-14)20-18(24)13-8-9-13)21-22-19(25)15-5-3-7-17(11-15)23(26)27/h2-7,10-11,13H,8-9H2,1H3,(H,20,24)(H,22,25). The molecule has 0 atom stereocenters. The Morgan fingerprint density at radius 1 is 1.11 bits per heavy atom. The number of benzene rings is 2. The lowest BCUT2D eigenvalue weighted by Gasteiger charge is -2.07. The van der Waals surface area contributed by atoms with E-state index in [0.717, 1.165) is 18.4 Å². The van der Waals surface area contributed by atoms with E-state index in [-0.39, 0.29) is 23.1 Å². The number of carbonyl (C=O) groups is 2. The molecule has 2 aromatic rings. The van der Waals surface area contributed by atoms with E-state index in [4.69, 9.17) is 0 Å². The summed E-state index contributed by atoms with van der Waals surface area (Å²) in [7, 11) is 0. The quantitative estimate of drug-likeness (QED) is 0.464. The Kier molecular flexibility index (Phi) is 5.25. The average Bonchev–Trinajstić information content (AvgIpc) is 3.51. The van der Waals surface area contributed by atoms with E-state index < -0.39 is 10.8 Å². The first kappa shape index (κ1) is 18.2. The van der Waals surface area contributed by atoms with Gasteiger partial charge in [0.15, 0.2) is 0 Å². The summed E-state index contributed by atoms with van der Waals surface area (Å²) in [6, 6.07) is 12.6. The summed E-state index contributed by atoms with van der Waals surface area (Å²) in [4.78, 5) is 34.2. The highest BCUT2D eigenvalue weighted by Gasteiger charge is 2.29. The molecule has 1 aliphatic rings. The van der Waals surface area contributed by atoms with Crippen LogP contribution >= 0.6 is 0 Å². The van der Waals surface area contributed by atoms with Gasteiger partial charge in [-0.3, -0.25) is 19.7 Å². The molecule has 0 radical (unpaired) electrons. The molecule has 1 aliphatic carbocycles. The van der Waals surface area contributed by atoms with Crippen molar-refractivity contribution in [3.8, 4) is 0 Å². The van der Waals surface area contributed by atoms with E-state index in [0.29, 0.717) is 11.4 Å². The first-order chi connectivity index (χ1) is 12.9. The van der Waals surface area contributed by atoms with E-state index >= 15 is 0 Å². The molecule has 2 amide bonds. The van der Waals surface area contributed by atoms with Crippen LogP contribution in [0.15, 0.2) is 53.6 Å². The number of non-ortho nitro benzene ring substituents is 1. The van der Waals surface area contributed by atoms with Gasteiger partial charge in [0.05, 0.1) is 10.6 Å². The summed E-state index contributed by atoms with van der Waals surface area (Å²) in [5, 5.41) is 17.7. The van der Waals surface area contributed by atoms with Crippen molar-refractivity contribution in [2.75, 3.05) is 5.32 Å². The minimum absolute atomic E-state index is 0.0146. The number of rotatable bonds is 6. The van der Waals surface area contributed by atoms with E-state index in [1.807, 2.05) is 6.07 Å². The van der Waals surface area contributed by atoms with Crippen LogP contribution in [0.3, 0.4) is 0 Å². The molecule has 0 aromatic heterocycles. The number of nitro groups is 1. The first-order valence-electron chi connectivity index (χ1n) is 8.44. The van der Waals surface area contributed by atoms with Gasteiger partial charge in [-0.2, -0.15) is 5.10 Å². The highest BCUT2D eigenvalue weighted by molar-refractivity contribution is 6.02. The van der Waals surface area contributed by atoms with Crippen LogP contribution in [0.25, 0.3) is 0 Å². The molecule has 8 nitrogen and oxygen atoms in total. The minimum atomic E-state index is -0.563. The van der Waals surface area contributed by atoms with Crippen LogP contribution < -0.4 is 10.7 Å². The zero-order valence-electron chi connectivity index (χ0n) is 14.6. The fourth-order valence-electron chi connectivity index (χ4n) is 2.44. The van der Waals surface area contributed by atoms with Gasteiger partial charge in [0.2, 0.25) is 5.91 Å². The summed E-state index contributed by atoms with van der Waals surface area (Å²) < 4.78 is 0. The Labute approximate surface area is 155 Å². The fraction of sp³-hybridized carbons (Fsp3) is 0.211. The van der Waals surface area contributed by atoms with Gasteiger partial charge in [0.1, 0.15) is 0 Å². The molecule has 1 fully saturated rings. The summed E-state index contributed by atoms with van der Waals surface area (Å²) >= 11 is 0. The predicted octanol–water partition coefficient (Wildman–Crippen LogP) is 3.10. The number of nitro benzene ring substituents is 1. The van der Waals surface area contributed by atoms with Gasteiger partial charge in [-0.25, -0.2) is 5.43 Å². The van der Waals surface area contributed by atoms with E-state index in [1.165, 1.54) is 24.3 Å². The lowest BCUT2D eigenvalue weighted by Crippen LogP contribution is -2.19. The zero-order chi connectivity index (χ0) is 19.4. The fourth-order valence-corrected chi connectivity index (χ4v) is 2.44. The highest BCUT2D eigenvalue weighted by atomic mass is 16.6. The third kappa shape index (κ3) is 4.75. The number of carbonyl (C=O) groups excluding carboxylic acids is 2. The van der Waals surface area contributed by atoms with Crippen molar-refractivity contribution in [3.05, 3.63) is 69.8 Å². The van der Waals surface area contributed by atoms with E-state index in [2.05, 4.69) is 15.8 Å². The lowest BCUT2D eigenvalue weighted by molar-refractivity contribution is -0.384. The van der Waals surface area contributed by atoms with Crippen LogP contribution in [0.5, 0.6) is 0 Å². The first-order valence-corrected chi connectivity index (χ1v) is 8.44. The number of hydrazone groups is 1. The molecule has 3 rings (SSSR count). The zero-order valence-corrected chi connectivity index (χ0v) is 14.6. The number of amides is 2. The number of nitrogens with zero attached hydrogens (tertiary/aromatic N) is 2. The predicted molar refractivity (Wildman–Crippen MR) is 101 cm³/mol. The SMILES string of the molecule is CC(=NNC(=O)c1cccc([N+](=O)[O-])c1)c1cccc(NC(=O)C2CC2)c1. The molecule has 0 bridgehead atoms.